The van der Waals surface area contributed by atoms with Gasteiger partial charge in [-0.1, -0.05) is 12.1 Å². The highest BCUT2D eigenvalue weighted by Crippen LogP contribution is 2.18. The second kappa shape index (κ2) is 7.11. The molecule has 1 aliphatic heterocycles. The van der Waals surface area contributed by atoms with Gasteiger partial charge in [-0.2, -0.15) is 0 Å². The Bertz CT molecular complexity index is 498. The van der Waals surface area contributed by atoms with Crippen LogP contribution < -0.4 is 4.74 Å². The maximum absolute atomic E-state index is 12.1. The minimum atomic E-state index is -0.809. The molecule has 1 unspecified atom stereocenters. The van der Waals surface area contributed by atoms with Crippen LogP contribution in [0.1, 0.15) is 25.3 Å². The number of carboxylic acid groups (broad SMARTS) is 1. The molecule has 1 heterocycles. The van der Waals surface area contributed by atoms with E-state index >= 15 is 0 Å². The van der Waals surface area contributed by atoms with Crippen molar-refractivity contribution in [2.24, 2.45) is 5.92 Å². The molecule has 0 aromatic heterocycles. The number of hydrogen-bond acceptors (Lipinski definition) is 3. The number of amides is 1. The number of carbonyl (C=O) groups excluding carboxylic acids is 1. The summed E-state index contributed by atoms with van der Waals surface area (Å²) in [6, 6.07) is 7.73. The highest BCUT2D eigenvalue weighted by atomic mass is 16.5. The Morgan fingerprint density at radius 2 is 2.05 bits per heavy atom. The van der Waals surface area contributed by atoms with Crippen LogP contribution in [0.15, 0.2) is 24.3 Å². The molecule has 0 radical (unpaired) electrons. The Labute approximate surface area is 124 Å². The van der Waals surface area contributed by atoms with Gasteiger partial charge >= 0.3 is 5.97 Å². The standard InChI is InChI=1S/C16H21NO4/c1-2-21-14-6-3-12(4-7-14)5-8-15(18)17-10-9-13(11-17)16(19)20/h3-4,6-7,13H,2,5,8-11H2,1H3,(H,19,20). The predicted molar refractivity (Wildman–Crippen MR) is 78.3 cm³/mol. The molecule has 0 bridgehead atoms. The summed E-state index contributed by atoms with van der Waals surface area (Å²) in [6.07, 6.45) is 1.64. The average Bonchev–Trinajstić information content (AvgIpc) is 2.97. The van der Waals surface area contributed by atoms with Crippen molar-refractivity contribution in [1.82, 2.24) is 4.90 Å². The normalized spacial score (nSPS) is 17.8. The largest absolute Gasteiger partial charge is 0.494 e. The molecule has 2 rings (SSSR count). The lowest BCUT2D eigenvalue weighted by atomic mass is 10.1. The number of benzene rings is 1. The van der Waals surface area contributed by atoms with E-state index < -0.39 is 11.9 Å². The van der Waals surface area contributed by atoms with E-state index in [0.29, 0.717) is 39.0 Å². The summed E-state index contributed by atoms with van der Waals surface area (Å²) in [7, 11) is 0. The first kappa shape index (κ1) is 15.4. The molecule has 1 aromatic rings. The summed E-state index contributed by atoms with van der Waals surface area (Å²) >= 11 is 0. The molecule has 114 valence electrons. The molecule has 0 spiro atoms. The second-order valence-electron chi connectivity index (χ2n) is 5.24. The molecule has 1 fully saturated rings. The van der Waals surface area contributed by atoms with Gasteiger partial charge in [-0.3, -0.25) is 9.59 Å². The summed E-state index contributed by atoms with van der Waals surface area (Å²) in [4.78, 5) is 24.6. The third-order valence-corrected chi connectivity index (χ3v) is 3.75. The number of rotatable bonds is 6. The van der Waals surface area contributed by atoms with Crippen molar-refractivity contribution in [2.45, 2.75) is 26.2 Å². The number of hydrogen-bond donors (Lipinski definition) is 1. The zero-order valence-electron chi connectivity index (χ0n) is 12.2. The summed E-state index contributed by atoms with van der Waals surface area (Å²) in [6.45, 7) is 3.47. The van der Waals surface area contributed by atoms with Gasteiger partial charge in [0.05, 0.1) is 12.5 Å². The van der Waals surface area contributed by atoms with E-state index in [0.717, 1.165) is 11.3 Å². The Kier molecular flexibility index (Phi) is 5.20. The van der Waals surface area contributed by atoms with Crippen molar-refractivity contribution in [3.63, 3.8) is 0 Å². The van der Waals surface area contributed by atoms with E-state index in [1.54, 1.807) is 4.90 Å². The second-order valence-corrected chi connectivity index (χ2v) is 5.24. The first-order chi connectivity index (χ1) is 10.1. The van der Waals surface area contributed by atoms with Gasteiger partial charge in [-0.05, 0) is 37.5 Å². The van der Waals surface area contributed by atoms with Crippen molar-refractivity contribution in [1.29, 1.82) is 0 Å². The van der Waals surface area contributed by atoms with Gasteiger partial charge in [0.15, 0.2) is 0 Å². The first-order valence-corrected chi connectivity index (χ1v) is 7.32. The van der Waals surface area contributed by atoms with Gasteiger partial charge in [0.25, 0.3) is 0 Å². The lowest BCUT2D eigenvalue weighted by Crippen LogP contribution is -2.30. The van der Waals surface area contributed by atoms with E-state index in [4.69, 9.17) is 9.84 Å². The Balaban J connectivity index is 1.80. The van der Waals surface area contributed by atoms with E-state index in [9.17, 15) is 9.59 Å². The summed E-state index contributed by atoms with van der Waals surface area (Å²) in [5.41, 5.74) is 1.08. The molecule has 1 atom stereocenters. The van der Waals surface area contributed by atoms with E-state index in [1.807, 2.05) is 31.2 Å². The minimum absolute atomic E-state index is 0.0348. The fourth-order valence-electron chi connectivity index (χ4n) is 2.52. The fourth-order valence-corrected chi connectivity index (χ4v) is 2.52. The molecule has 1 saturated heterocycles. The first-order valence-electron chi connectivity index (χ1n) is 7.32. The average molecular weight is 291 g/mol. The number of aryl methyl sites for hydroxylation is 1. The summed E-state index contributed by atoms with van der Waals surface area (Å²) in [5.74, 6) is -0.347. The zero-order valence-corrected chi connectivity index (χ0v) is 12.2. The fraction of sp³-hybridized carbons (Fsp3) is 0.500. The van der Waals surface area contributed by atoms with Gasteiger partial charge in [0, 0.05) is 19.5 Å². The smallest absolute Gasteiger partial charge is 0.308 e. The van der Waals surface area contributed by atoms with Crippen molar-refractivity contribution < 1.29 is 19.4 Å². The maximum atomic E-state index is 12.1. The van der Waals surface area contributed by atoms with Crippen molar-refractivity contribution >= 4 is 11.9 Å². The van der Waals surface area contributed by atoms with Gasteiger partial charge in [-0.15, -0.1) is 0 Å². The van der Waals surface area contributed by atoms with Crippen LogP contribution in [0.5, 0.6) is 5.75 Å². The monoisotopic (exact) mass is 291 g/mol. The number of aliphatic carboxylic acids is 1. The number of carbonyl (C=O) groups is 2. The summed E-state index contributed by atoms with van der Waals surface area (Å²) in [5, 5.41) is 8.94. The van der Waals surface area contributed by atoms with E-state index in [2.05, 4.69) is 0 Å². The highest BCUT2D eigenvalue weighted by Gasteiger charge is 2.30. The molecule has 0 aliphatic carbocycles. The van der Waals surface area contributed by atoms with Crippen molar-refractivity contribution in [3.05, 3.63) is 29.8 Å². The number of likely N-dealkylation sites (tertiary alicyclic amines) is 1. The summed E-state index contributed by atoms with van der Waals surface area (Å²) < 4.78 is 5.37. The van der Waals surface area contributed by atoms with Gasteiger partial charge in [0.2, 0.25) is 5.91 Å². The number of nitrogens with zero attached hydrogens (tertiary/aromatic N) is 1. The third kappa shape index (κ3) is 4.21. The topological polar surface area (TPSA) is 66.8 Å². The van der Waals surface area contributed by atoms with Crippen LogP contribution in [0.3, 0.4) is 0 Å². The Hall–Kier alpha value is -2.04. The molecule has 1 aromatic carbocycles. The van der Waals surface area contributed by atoms with Gasteiger partial charge in [0.1, 0.15) is 5.75 Å². The number of carboxylic acids is 1. The van der Waals surface area contributed by atoms with Crippen LogP contribution in [-0.2, 0) is 16.0 Å². The van der Waals surface area contributed by atoms with Crippen LogP contribution in [0, 0.1) is 5.92 Å². The molecule has 1 aliphatic rings. The van der Waals surface area contributed by atoms with Crippen molar-refractivity contribution in [2.75, 3.05) is 19.7 Å². The van der Waals surface area contributed by atoms with Crippen LogP contribution in [0.25, 0.3) is 0 Å². The molecular formula is C16H21NO4. The maximum Gasteiger partial charge on any atom is 0.308 e. The zero-order chi connectivity index (χ0) is 15.2. The lowest BCUT2D eigenvalue weighted by molar-refractivity contribution is -0.141. The molecule has 21 heavy (non-hydrogen) atoms. The number of ether oxygens (including phenoxy) is 1. The third-order valence-electron chi connectivity index (χ3n) is 3.75. The lowest BCUT2D eigenvalue weighted by Gasteiger charge is -2.15. The molecule has 1 amide bonds. The van der Waals surface area contributed by atoms with E-state index in [1.165, 1.54) is 0 Å². The quantitative estimate of drug-likeness (QED) is 0.870. The highest BCUT2D eigenvalue weighted by molar-refractivity contribution is 5.78. The Morgan fingerprint density at radius 1 is 1.33 bits per heavy atom. The van der Waals surface area contributed by atoms with Crippen LogP contribution in [-0.4, -0.2) is 41.6 Å². The minimum Gasteiger partial charge on any atom is -0.494 e. The van der Waals surface area contributed by atoms with Crippen LogP contribution >= 0.6 is 0 Å². The van der Waals surface area contributed by atoms with Gasteiger partial charge < -0.3 is 14.7 Å². The molecule has 0 saturated carbocycles. The van der Waals surface area contributed by atoms with Crippen LogP contribution in [0.4, 0.5) is 0 Å². The van der Waals surface area contributed by atoms with E-state index in [-0.39, 0.29) is 5.91 Å². The molecule has 1 N–H and O–H groups in total. The Morgan fingerprint density at radius 3 is 2.62 bits per heavy atom. The molecular weight excluding hydrogens is 270 g/mol. The predicted octanol–water partition coefficient (Wildman–Crippen LogP) is 1.95. The van der Waals surface area contributed by atoms with Crippen LogP contribution in [0.2, 0.25) is 0 Å². The van der Waals surface area contributed by atoms with Gasteiger partial charge in [-0.25, -0.2) is 0 Å². The molecule has 5 nitrogen and oxygen atoms in total. The molecule has 5 heteroatoms. The van der Waals surface area contributed by atoms with Crippen molar-refractivity contribution in [3.8, 4) is 5.75 Å². The SMILES string of the molecule is CCOc1ccc(CCC(=O)N2CCC(C(=O)O)C2)cc1.